The lowest BCUT2D eigenvalue weighted by Gasteiger charge is -2.24. The fraction of sp³-hybridized carbons (Fsp3) is 0.0870. The molecule has 2 aliphatic heterocycles. The number of benzene rings is 2. The molecule has 1 aromatic heterocycles. The van der Waals surface area contributed by atoms with Crippen LogP contribution < -0.4 is 14.4 Å². The van der Waals surface area contributed by atoms with Gasteiger partial charge in [0.25, 0.3) is 17.4 Å². The Hall–Kier alpha value is -4.73. The van der Waals surface area contributed by atoms with Gasteiger partial charge in [-0.1, -0.05) is 6.07 Å². The summed E-state index contributed by atoms with van der Waals surface area (Å²) >= 11 is 0. The minimum atomic E-state index is -1.03. The van der Waals surface area contributed by atoms with E-state index in [1.807, 2.05) is 0 Å². The number of aliphatic hydroxyl groups excluding tert-OH is 1. The Kier molecular flexibility index (Phi) is 4.74. The number of non-ortho nitro benzene ring substituents is 1. The number of aromatic nitrogens is 1. The number of pyridine rings is 1. The molecule has 0 aliphatic carbocycles. The summed E-state index contributed by atoms with van der Waals surface area (Å²) in [6, 6.07) is 13.9. The van der Waals surface area contributed by atoms with Gasteiger partial charge in [-0.2, -0.15) is 0 Å². The molecule has 10 nitrogen and oxygen atoms in total. The average Bonchev–Trinajstić information content (AvgIpc) is 3.41. The van der Waals surface area contributed by atoms with E-state index in [0.29, 0.717) is 22.9 Å². The van der Waals surface area contributed by atoms with Crippen molar-refractivity contribution in [3.05, 3.63) is 93.8 Å². The molecule has 0 saturated carbocycles. The third-order valence-corrected chi connectivity index (χ3v) is 5.40. The number of carbonyl (C=O) groups is 2. The molecule has 1 saturated heterocycles. The number of nitro benzene ring substituents is 1. The van der Waals surface area contributed by atoms with Crippen molar-refractivity contribution < 1.29 is 29.1 Å². The van der Waals surface area contributed by atoms with Crippen molar-refractivity contribution in [3.8, 4) is 11.5 Å². The van der Waals surface area contributed by atoms with Crippen molar-refractivity contribution in [2.24, 2.45) is 0 Å². The number of nitro groups is 1. The van der Waals surface area contributed by atoms with Crippen molar-refractivity contribution in [2.75, 3.05) is 11.7 Å². The first kappa shape index (κ1) is 20.2. The number of anilines is 1. The van der Waals surface area contributed by atoms with Crippen LogP contribution in [0.15, 0.2) is 72.4 Å². The van der Waals surface area contributed by atoms with E-state index in [0.717, 1.165) is 0 Å². The Morgan fingerprint density at radius 1 is 1.06 bits per heavy atom. The molecule has 10 heteroatoms. The van der Waals surface area contributed by atoms with Crippen LogP contribution >= 0.6 is 0 Å². The Bertz CT molecular complexity index is 1320. The number of rotatable bonds is 4. The van der Waals surface area contributed by atoms with Gasteiger partial charge < -0.3 is 14.6 Å². The van der Waals surface area contributed by atoms with E-state index in [9.17, 15) is 24.8 Å². The van der Waals surface area contributed by atoms with Gasteiger partial charge in [0, 0.05) is 35.6 Å². The average molecular weight is 445 g/mol. The van der Waals surface area contributed by atoms with Crippen molar-refractivity contribution >= 4 is 28.8 Å². The minimum Gasteiger partial charge on any atom is -0.507 e. The number of aliphatic hydroxyl groups is 1. The Morgan fingerprint density at radius 3 is 2.52 bits per heavy atom. The van der Waals surface area contributed by atoms with E-state index in [1.165, 1.54) is 35.4 Å². The number of carbonyl (C=O) groups excluding carboxylic acids is 2. The molecule has 0 spiro atoms. The van der Waals surface area contributed by atoms with Crippen molar-refractivity contribution in [3.63, 3.8) is 0 Å². The van der Waals surface area contributed by atoms with Gasteiger partial charge in [-0.3, -0.25) is 29.6 Å². The van der Waals surface area contributed by atoms with Crippen LogP contribution in [0.25, 0.3) is 5.76 Å². The van der Waals surface area contributed by atoms with Gasteiger partial charge in [0.05, 0.1) is 16.2 Å². The normalized spacial score (nSPS) is 18.5. The number of hydrogen-bond acceptors (Lipinski definition) is 8. The van der Waals surface area contributed by atoms with Gasteiger partial charge in [0.2, 0.25) is 6.79 Å². The summed E-state index contributed by atoms with van der Waals surface area (Å²) in [7, 11) is 0. The first-order valence-corrected chi connectivity index (χ1v) is 9.82. The number of fused-ring (bicyclic) bond motifs is 1. The monoisotopic (exact) mass is 445 g/mol. The van der Waals surface area contributed by atoms with E-state index in [1.54, 1.807) is 36.4 Å². The zero-order chi connectivity index (χ0) is 23.1. The zero-order valence-electron chi connectivity index (χ0n) is 16.9. The van der Waals surface area contributed by atoms with Crippen molar-refractivity contribution in [2.45, 2.75) is 6.04 Å². The van der Waals surface area contributed by atoms with E-state index in [2.05, 4.69) is 4.98 Å². The van der Waals surface area contributed by atoms with E-state index in [-0.39, 0.29) is 23.6 Å². The van der Waals surface area contributed by atoms with Crippen molar-refractivity contribution in [1.82, 2.24) is 4.98 Å². The zero-order valence-corrected chi connectivity index (χ0v) is 16.9. The lowest BCUT2D eigenvalue weighted by Crippen LogP contribution is -2.29. The summed E-state index contributed by atoms with van der Waals surface area (Å²) in [6.07, 6.45) is 1.51. The summed E-state index contributed by atoms with van der Waals surface area (Å²) in [5.41, 5.74) is 0.529. The fourth-order valence-electron chi connectivity index (χ4n) is 3.85. The van der Waals surface area contributed by atoms with Crippen LogP contribution in [0.4, 0.5) is 11.4 Å². The maximum Gasteiger partial charge on any atom is 0.300 e. The van der Waals surface area contributed by atoms with E-state index < -0.39 is 28.4 Å². The molecular weight excluding hydrogens is 430 g/mol. The fourth-order valence-corrected chi connectivity index (χ4v) is 3.85. The number of ether oxygens (including phenoxy) is 2. The molecule has 0 bridgehead atoms. The molecule has 1 fully saturated rings. The van der Waals surface area contributed by atoms with E-state index >= 15 is 0 Å². The Morgan fingerprint density at radius 2 is 1.82 bits per heavy atom. The number of amides is 1. The number of ketones is 1. The van der Waals surface area contributed by atoms with Gasteiger partial charge in [0.1, 0.15) is 11.8 Å². The molecule has 2 aliphatic rings. The first-order valence-electron chi connectivity index (χ1n) is 9.82. The molecule has 1 N–H and O–H groups in total. The second-order valence-electron chi connectivity index (χ2n) is 7.27. The highest BCUT2D eigenvalue weighted by Gasteiger charge is 2.48. The minimum absolute atomic E-state index is 0.0431. The summed E-state index contributed by atoms with van der Waals surface area (Å²) in [5.74, 6) is -1.28. The molecule has 1 amide bonds. The summed E-state index contributed by atoms with van der Waals surface area (Å²) in [5, 5.41) is 22.0. The Labute approximate surface area is 186 Å². The van der Waals surface area contributed by atoms with Crippen LogP contribution in [-0.2, 0) is 9.59 Å². The third-order valence-electron chi connectivity index (χ3n) is 5.40. The molecule has 164 valence electrons. The molecule has 0 radical (unpaired) electrons. The highest BCUT2D eigenvalue weighted by molar-refractivity contribution is 6.51. The highest BCUT2D eigenvalue weighted by Crippen LogP contribution is 2.44. The molecule has 3 aromatic rings. The number of nitrogens with zero attached hydrogens (tertiary/aromatic N) is 3. The van der Waals surface area contributed by atoms with Crippen LogP contribution in [0.5, 0.6) is 11.5 Å². The Balaban J connectivity index is 1.67. The lowest BCUT2D eigenvalue weighted by molar-refractivity contribution is -0.384. The first-order chi connectivity index (χ1) is 16.0. The predicted octanol–water partition coefficient (Wildman–Crippen LogP) is 3.34. The largest absolute Gasteiger partial charge is 0.507 e. The molecule has 2 aromatic carbocycles. The van der Waals surface area contributed by atoms with Crippen molar-refractivity contribution in [1.29, 1.82) is 0 Å². The topological polar surface area (TPSA) is 132 Å². The van der Waals surface area contributed by atoms with E-state index in [4.69, 9.17) is 9.47 Å². The van der Waals surface area contributed by atoms with Gasteiger partial charge in [-0.05, 0) is 36.4 Å². The van der Waals surface area contributed by atoms with Gasteiger partial charge in [-0.15, -0.1) is 0 Å². The second-order valence-corrected chi connectivity index (χ2v) is 7.27. The van der Waals surface area contributed by atoms with Crippen LogP contribution in [0, 0.1) is 10.1 Å². The van der Waals surface area contributed by atoms with Gasteiger partial charge >= 0.3 is 0 Å². The molecule has 33 heavy (non-hydrogen) atoms. The van der Waals surface area contributed by atoms with Gasteiger partial charge in [-0.25, -0.2) is 0 Å². The van der Waals surface area contributed by atoms with Crippen LogP contribution in [-0.4, -0.2) is 33.5 Å². The van der Waals surface area contributed by atoms with Gasteiger partial charge in [0.15, 0.2) is 11.5 Å². The molecule has 3 heterocycles. The van der Waals surface area contributed by atoms with Crippen LogP contribution in [0.3, 0.4) is 0 Å². The third kappa shape index (κ3) is 3.33. The maximum absolute atomic E-state index is 13.1. The van der Waals surface area contributed by atoms with Crippen LogP contribution in [0.1, 0.15) is 17.3 Å². The predicted molar refractivity (Wildman–Crippen MR) is 115 cm³/mol. The lowest BCUT2D eigenvalue weighted by atomic mass is 9.98. The number of Topliss-reactive ketones (excluding diaryl/α,β-unsaturated/α-hetero) is 1. The SMILES string of the molecule is O=C1C(=O)N(c2ccc3c(c2)OCO3)C(c2ccccn2)/C1=C(\O)c1ccc([N+](=O)[O-])cc1. The molecule has 1 unspecified atom stereocenters. The molecular formula is C23H15N3O7. The summed E-state index contributed by atoms with van der Waals surface area (Å²) < 4.78 is 10.7. The molecule has 1 atom stereocenters. The quantitative estimate of drug-likeness (QED) is 0.213. The standard InChI is InChI=1S/C23H15N3O7/c27-21(13-4-6-14(7-5-13)26(30)31)19-20(16-3-1-2-10-24-16)25(23(29)22(19)28)15-8-9-17-18(11-15)33-12-32-17/h1-11,20,27H,12H2/b21-19+. The molecule has 5 rings (SSSR count). The van der Waals surface area contributed by atoms with Crippen LogP contribution in [0.2, 0.25) is 0 Å². The highest BCUT2D eigenvalue weighted by atomic mass is 16.7. The number of hydrogen-bond donors (Lipinski definition) is 1. The summed E-state index contributed by atoms with van der Waals surface area (Å²) in [4.78, 5) is 42.1. The second kappa shape index (κ2) is 7.75. The maximum atomic E-state index is 13.1. The summed E-state index contributed by atoms with van der Waals surface area (Å²) in [6.45, 7) is 0.0431. The smallest absolute Gasteiger partial charge is 0.300 e.